The maximum absolute atomic E-state index is 11.9. The van der Waals surface area contributed by atoms with Gasteiger partial charge in [-0.05, 0) is 42.0 Å². The first-order valence-corrected chi connectivity index (χ1v) is 10.5. The molecule has 7 nitrogen and oxygen atoms in total. The van der Waals surface area contributed by atoms with Gasteiger partial charge in [0.1, 0.15) is 5.75 Å². The van der Waals surface area contributed by atoms with E-state index >= 15 is 0 Å². The minimum Gasteiger partial charge on any atom is -0.497 e. The van der Waals surface area contributed by atoms with Gasteiger partial charge in [0.15, 0.2) is 11.5 Å². The molecule has 2 aromatic carbocycles. The molecule has 160 valence electrons. The highest BCUT2D eigenvalue weighted by atomic mass is 16.7. The molecule has 1 atom stereocenters. The van der Waals surface area contributed by atoms with Gasteiger partial charge in [-0.1, -0.05) is 13.0 Å². The van der Waals surface area contributed by atoms with Crippen molar-refractivity contribution in [3.63, 3.8) is 0 Å². The first-order chi connectivity index (χ1) is 14.7. The number of hydrogen-bond donors (Lipinski definition) is 1. The zero-order chi connectivity index (χ0) is 20.9. The van der Waals surface area contributed by atoms with Crippen molar-refractivity contribution in [2.45, 2.75) is 19.4 Å². The van der Waals surface area contributed by atoms with Crippen LogP contribution >= 0.6 is 0 Å². The van der Waals surface area contributed by atoms with Crippen LogP contribution in [0.25, 0.3) is 0 Å². The smallest absolute Gasteiger partial charge is 0.231 e. The minimum absolute atomic E-state index is 0.0672. The Morgan fingerprint density at radius 2 is 1.80 bits per heavy atom. The van der Waals surface area contributed by atoms with Gasteiger partial charge in [-0.15, -0.1) is 0 Å². The standard InChI is InChI=1S/C23H29N3O4/c1-3-23(27)24-15-20(17-4-9-21-22(14-17)30-16-29-21)26-12-10-25(11-13-26)18-5-7-19(28-2)8-6-18/h4-9,14,20H,3,10-13,15-16H2,1-2H3,(H,24,27)/t20-/m0/s1. The van der Waals surface area contributed by atoms with E-state index in [9.17, 15) is 4.79 Å². The van der Waals surface area contributed by atoms with Crippen LogP contribution in [0.4, 0.5) is 5.69 Å². The SMILES string of the molecule is CCC(=O)NC[C@@H](c1ccc2c(c1)OCO2)N1CCN(c2ccc(OC)cc2)CC1. The number of amides is 1. The Balaban J connectivity index is 1.46. The van der Waals surface area contributed by atoms with Gasteiger partial charge in [-0.25, -0.2) is 0 Å². The molecule has 1 amide bonds. The fraction of sp³-hybridized carbons (Fsp3) is 0.435. The molecular formula is C23H29N3O4. The predicted octanol–water partition coefficient (Wildman–Crippen LogP) is 2.81. The topological polar surface area (TPSA) is 63.3 Å². The van der Waals surface area contributed by atoms with E-state index in [1.54, 1.807) is 7.11 Å². The number of piperazine rings is 1. The van der Waals surface area contributed by atoms with Gasteiger partial charge >= 0.3 is 0 Å². The van der Waals surface area contributed by atoms with Crippen LogP contribution in [0.15, 0.2) is 42.5 Å². The molecule has 1 fully saturated rings. The van der Waals surface area contributed by atoms with Gasteiger partial charge in [-0.2, -0.15) is 0 Å². The van der Waals surface area contributed by atoms with Crippen molar-refractivity contribution >= 4 is 11.6 Å². The van der Waals surface area contributed by atoms with Crippen LogP contribution in [0.1, 0.15) is 24.9 Å². The summed E-state index contributed by atoms with van der Waals surface area (Å²) < 4.78 is 16.3. The number of anilines is 1. The molecule has 0 bridgehead atoms. The lowest BCUT2D eigenvalue weighted by molar-refractivity contribution is -0.121. The number of carbonyl (C=O) groups is 1. The summed E-state index contributed by atoms with van der Waals surface area (Å²) >= 11 is 0. The number of ether oxygens (including phenoxy) is 3. The lowest BCUT2D eigenvalue weighted by atomic mass is 10.0. The highest BCUT2D eigenvalue weighted by molar-refractivity contribution is 5.75. The normalized spacial score (nSPS) is 16.9. The number of nitrogens with zero attached hydrogens (tertiary/aromatic N) is 2. The summed E-state index contributed by atoms with van der Waals surface area (Å²) in [5.41, 5.74) is 2.34. The summed E-state index contributed by atoms with van der Waals surface area (Å²) in [5.74, 6) is 2.49. The van der Waals surface area contributed by atoms with Gasteiger partial charge in [0, 0.05) is 44.8 Å². The molecule has 0 radical (unpaired) electrons. The van der Waals surface area contributed by atoms with Gasteiger partial charge in [0.25, 0.3) is 0 Å². The largest absolute Gasteiger partial charge is 0.497 e. The van der Waals surface area contributed by atoms with E-state index < -0.39 is 0 Å². The number of methoxy groups -OCH3 is 1. The number of nitrogens with one attached hydrogen (secondary N) is 1. The Bertz CT molecular complexity index is 863. The first kappa shape index (κ1) is 20.3. The lowest BCUT2D eigenvalue weighted by Crippen LogP contribution is -2.49. The summed E-state index contributed by atoms with van der Waals surface area (Å²) in [6.45, 7) is 6.38. The first-order valence-electron chi connectivity index (χ1n) is 10.5. The number of fused-ring (bicyclic) bond motifs is 1. The van der Waals surface area contributed by atoms with E-state index in [2.05, 4.69) is 33.3 Å². The second-order valence-corrected chi connectivity index (χ2v) is 7.51. The van der Waals surface area contributed by atoms with Crippen LogP contribution in [0.5, 0.6) is 17.2 Å². The van der Waals surface area contributed by atoms with Crippen molar-refractivity contribution in [3.05, 3.63) is 48.0 Å². The fourth-order valence-electron chi connectivity index (χ4n) is 4.00. The molecule has 7 heteroatoms. The predicted molar refractivity (Wildman–Crippen MR) is 115 cm³/mol. The summed E-state index contributed by atoms with van der Waals surface area (Å²) in [6.07, 6.45) is 0.485. The highest BCUT2D eigenvalue weighted by Crippen LogP contribution is 2.35. The molecule has 2 aliphatic rings. The number of benzene rings is 2. The number of rotatable bonds is 7. The molecule has 4 rings (SSSR count). The Kier molecular flexibility index (Phi) is 6.28. The molecular weight excluding hydrogens is 382 g/mol. The average molecular weight is 412 g/mol. The van der Waals surface area contributed by atoms with Crippen molar-refractivity contribution in [2.75, 3.05) is 51.5 Å². The monoisotopic (exact) mass is 411 g/mol. The van der Waals surface area contributed by atoms with E-state index in [1.807, 2.05) is 31.2 Å². The van der Waals surface area contributed by atoms with Crippen LogP contribution in [0, 0.1) is 0 Å². The van der Waals surface area contributed by atoms with Crippen molar-refractivity contribution in [3.8, 4) is 17.2 Å². The highest BCUT2D eigenvalue weighted by Gasteiger charge is 2.27. The average Bonchev–Trinajstić information content (AvgIpc) is 3.27. The molecule has 0 saturated carbocycles. The minimum atomic E-state index is 0.0672. The van der Waals surface area contributed by atoms with Crippen molar-refractivity contribution in [1.82, 2.24) is 10.2 Å². The second kappa shape index (κ2) is 9.26. The van der Waals surface area contributed by atoms with Crippen LogP contribution in [-0.4, -0.2) is 57.4 Å². The molecule has 1 saturated heterocycles. The van der Waals surface area contributed by atoms with E-state index in [1.165, 1.54) is 5.69 Å². The maximum Gasteiger partial charge on any atom is 0.231 e. The molecule has 0 aliphatic carbocycles. The van der Waals surface area contributed by atoms with E-state index in [0.29, 0.717) is 13.0 Å². The molecule has 30 heavy (non-hydrogen) atoms. The van der Waals surface area contributed by atoms with Crippen LogP contribution < -0.4 is 24.4 Å². The van der Waals surface area contributed by atoms with Crippen LogP contribution in [0.2, 0.25) is 0 Å². The Morgan fingerprint density at radius 3 is 2.50 bits per heavy atom. The van der Waals surface area contributed by atoms with E-state index in [-0.39, 0.29) is 18.7 Å². The molecule has 0 aromatic heterocycles. The van der Waals surface area contributed by atoms with Crippen molar-refractivity contribution < 1.29 is 19.0 Å². The third kappa shape index (κ3) is 4.46. The summed E-state index contributed by atoms with van der Waals surface area (Å²) in [7, 11) is 1.68. The maximum atomic E-state index is 11.9. The lowest BCUT2D eigenvalue weighted by Gasteiger charge is -2.40. The Morgan fingerprint density at radius 1 is 1.07 bits per heavy atom. The molecule has 2 aliphatic heterocycles. The molecule has 2 aromatic rings. The van der Waals surface area contributed by atoms with E-state index in [4.69, 9.17) is 14.2 Å². The molecule has 2 heterocycles. The van der Waals surface area contributed by atoms with Gasteiger partial charge in [0.05, 0.1) is 13.2 Å². The molecule has 1 N–H and O–H groups in total. The van der Waals surface area contributed by atoms with Gasteiger partial charge < -0.3 is 24.4 Å². The van der Waals surface area contributed by atoms with Crippen LogP contribution in [-0.2, 0) is 4.79 Å². The van der Waals surface area contributed by atoms with Crippen LogP contribution in [0.3, 0.4) is 0 Å². The van der Waals surface area contributed by atoms with Gasteiger partial charge in [-0.3, -0.25) is 9.69 Å². The zero-order valence-electron chi connectivity index (χ0n) is 17.6. The van der Waals surface area contributed by atoms with Gasteiger partial charge in [0.2, 0.25) is 12.7 Å². The third-order valence-corrected chi connectivity index (χ3v) is 5.79. The zero-order valence-corrected chi connectivity index (χ0v) is 17.6. The summed E-state index contributed by atoms with van der Waals surface area (Å²) in [5, 5.41) is 3.07. The quantitative estimate of drug-likeness (QED) is 0.756. The summed E-state index contributed by atoms with van der Waals surface area (Å²) in [6, 6.07) is 14.4. The fourth-order valence-corrected chi connectivity index (χ4v) is 4.00. The second-order valence-electron chi connectivity index (χ2n) is 7.51. The van der Waals surface area contributed by atoms with Crippen molar-refractivity contribution in [2.24, 2.45) is 0 Å². The summed E-state index contributed by atoms with van der Waals surface area (Å²) in [4.78, 5) is 16.7. The van der Waals surface area contributed by atoms with Crippen molar-refractivity contribution in [1.29, 1.82) is 0 Å². The molecule has 0 spiro atoms. The Hall–Kier alpha value is -2.93. The van der Waals surface area contributed by atoms with E-state index in [0.717, 1.165) is 49.0 Å². The third-order valence-electron chi connectivity index (χ3n) is 5.79. The number of carbonyl (C=O) groups excluding carboxylic acids is 1. The Labute approximate surface area is 177 Å². The number of hydrogen-bond acceptors (Lipinski definition) is 6. The molecule has 0 unspecified atom stereocenters.